The van der Waals surface area contributed by atoms with Crippen LogP contribution in [0.15, 0.2) is 24.3 Å². The first-order valence-corrected chi connectivity index (χ1v) is 6.39. The Balaban J connectivity index is 2.04. The second kappa shape index (κ2) is 5.73. The highest BCUT2D eigenvalue weighted by molar-refractivity contribution is 5.80. The monoisotopic (exact) mass is 262 g/mol. The molecule has 5 nitrogen and oxygen atoms in total. The van der Waals surface area contributed by atoms with E-state index in [-0.39, 0.29) is 18.6 Å². The van der Waals surface area contributed by atoms with E-state index in [0.29, 0.717) is 0 Å². The summed E-state index contributed by atoms with van der Waals surface area (Å²) >= 11 is 0. The summed E-state index contributed by atoms with van der Waals surface area (Å²) in [5.41, 5.74) is 2.41. The fourth-order valence-electron chi connectivity index (χ4n) is 2.44. The van der Waals surface area contributed by atoms with Crippen LogP contribution >= 0.6 is 0 Å². The molecule has 1 aromatic carbocycles. The maximum absolute atomic E-state index is 11.9. The van der Waals surface area contributed by atoms with Gasteiger partial charge in [0.1, 0.15) is 6.54 Å². The second-order valence-electron chi connectivity index (χ2n) is 4.84. The highest BCUT2D eigenvalue weighted by Gasteiger charge is 2.23. The fraction of sp³-hybridized carbons (Fsp3) is 0.429. The maximum atomic E-state index is 11.9. The van der Waals surface area contributed by atoms with Crippen molar-refractivity contribution in [2.75, 3.05) is 13.6 Å². The Morgan fingerprint density at radius 1 is 1.42 bits per heavy atom. The van der Waals surface area contributed by atoms with Gasteiger partial charge in [0.25, 0.3) is 0 Å². The molecular formula is C14H18N2O3. The van der Waals surface area contributed by atoms with Crippen LogP contribution in [0, 0.1) is 0 Å². The van der Waals surface area contributed by atoms with Crippen LogP contribution in [0.3, 0.4) is 0 Å². The highest BCUT2D eigenvalue weighted by atomic mass is 16.4. The van der Waals surface area contributed by atoms with Crippen LogP contribution in [0.1, 0.15) is 30.0 Å². The minimum atomic E-state index is -1.01. The van der Waals surface area contributed by atoms with Gasteiger partial charge < -0.3 is 15.3 Å². The van der Waals surface area contributed by atoms with Gasteiger partial charge in [-0.2, -0.15) is 0 Å². The molecule has 1 aromatic rings. The van der Waals surface area contributed by atoms with E-state index in [1.165, 1.54) is 17.5 Å². The van der Waals surface area contributed by atoms with E-state index in [4.69, 9.17) is 5.11 Å². The summed E-state index contributed by atoms with van der Waals surface area (Å²) in [5, 5.41) is 11.6. The Labute approximate surface area is 112 Å². The summed E-state index contributed by atoms with van der Waals surface area (Å²) in [5.74, 6) is -1.01. The molecule has 0 fully saturated rings. The number of carboxylic acids is 1. The number of carbonyl (C=O) groups excluding carboxylic acids is 1. The molecule has 1 aliphatic rings. The van der Waals surface area contributed by atoms with Crippen molar-refractivity contribution in [3.8, 4) is 0 Å². The summed E-state index contributed by atoms with van der Waals surface area (Å²) in [6, 6.07) is 7.70. The molecule has 2 amide bonds. The van der Waals surface area contributed by atoms with Crippen LogP contribution in [0.2, 0.25) is 0 Å². The van der Waals surface area contributed by atoms with Gasteiger partial charge in [-0.05, 0) is 30.4 Å². The minimum absolute atomic E-state index is 0.0197. The lowest BCUT2D eigenvalue weighted by atomic mass is 9.88. The Hall–Kier alpha value is -2.04. The topological polar surface area (TPSA) is 69.6 Å². The van der Waals surface area contributed by atoms with Crippen LogP contribution in [-0.4, -0.2) is 35.6 Å². The number of benzene rings is 1. The molecule has 1 unspecified atom stereocenters. The number of likely N-dealkylation sites (N-methyl/N-ethyl adjacent to an activating group) is 1. The van der Waals surface area contributed by atoms with E-state index >= 15 is 0 Å². The first-order valence-electron chi connectivity index (χ1n) is 6.39. The zero-order valence-electron chi connectivity index (χ0n) is 10.9. The molecule has 2 N–H and O–H groups in total. The number of amides is 2. The van der Waals surface area contributed by atoms with Gasteiger partial charge in [-0.25, -0.2) is 4.79 Å². The molecule has 102 valence electrons. The molecule has 1 atom stereocenters. The molecule has 2 rings (SSSR count). The van der Waals surface area contributed by atoms with Gasteiger partial charge in [-0.1, -0.05) is 24.3 Å². The molecule has 0 heterocycles. The van der Waals surface area contributed by atoms with E-state index in [1.54, 1.807) is 0 Å². The van der Waals surface area contributed by atoms with E-state index in [0.717, 1.165) is 24.8 Å². The van der Waals surface area contributed by atoms with Crippen LogP contribution < -0.4 is 5.32 Å². The molecule has 0 saturated heterocycles. The third-order valence-electron chi connectivity index (χ3n) is 3.39. The Kier molecular flexibility index (Phi) is 4.04. The number of hydrogen-bond acceptors (Lipinski definition) is 2. The van der Waals surface area contributed by atoms with Crippen LogP contribution in [0.5, 0.6) is 0 Å². The molecule has 0 aliphatic heterocycles. The summed E-state index contributed by atoms with van der Waals surface area (Å²) in [6.07, 6.45) is 2.96. The van der Waals surface area contributed by atoms with Crippen LogP contribution in [0.4, 0.5) is 4.79 Å². The van der Waals surface area contributed by atoms with Crippen molar-refractivity contribution in [3.05, 3.63) is 35.4 Å². The summed E-state index contributed by atoms with van der Waals surface area (Å²) in [7, 11) is 1.48. The smallest absolute Gasteiger partial charge is 0.323 e. The SMILES string of the molecule is CN(CC(=O)O)C(=O)NC1CCCc2ccccc21. The molecule has 1 aliphatic carbocycles. The summed E-state index contributed by atoms with van der Waals surface area (Å²) in [6.45, 7) is -0.291. The van der Waals surface area contributed by atoms with Gasteiger partial charge in [0, 0.05) is 7.05 Å². The number of aryl methyl sites for hydroxylation is 1. The Morgan fingerprint density at radius 2 is 2.16 bits per heavy atom. The van der Waals surface area contributed by atoms with Crippen molar-refractivity contribution in [1.82, 2.24) is 10.2 Å². The molecule has 0 radical (unpaired) electrons. The van der Waals surface area contributed by atoms with Crippen LogP contribution in [-0.2, 0) is 11.2 Å². The first-order chi connectivity index (χ1) is 9.08. The number of nitrogens with one attached hydrogen (secondary N) is 1. The number of nitrogens with zero attached hydrogens (tertiary/aromatic N) is 1. The van der Waals surface area contributed by atoms with Gasteiger partial charge in [0.05, 0.1) is 6.04 Å². The number of urea groups is 1. The first kappa shape index (κ1) is 13.4. The molecular weight excluding hydrogens is 244 g/mol. The average molecular weight is 262 g/mol. The van der Waals surface area contributed by atoms with Crippen molar-refractivity contribution in [3.63, 3.8) is 0 Å². The van der Waals surface area contributed by atoms with E-state index in [9.17, 15) is 9.59 Å². The zero-order valence-corrected chi connectivity index (χ0v) is 10.9. The van der Waals surface area contributed by atoms with Gasteiger partial charge in [0.15, 0.2) is 0 Å². The fourth-order valence-corrected chi connectivity index (χ4v) is 2.44. The summed E-state index contributed by atoms with van der Waals surface area (Å²) < 4.78 is 0. The number of carbonyl (C=O) groups is 2. The third-order valence-corrected chi connectivity index (χ3v) is 3.39. The van der Waals surface area contributed by atoms with E-state index in [1.807, 2.05) is 18.2 Å². The number of hydrogen-bond donors (Lipinski definition) is 2. The number of carboxylic acid groups (broad SMARTS) is 1. The lowest BCUT2D eigenvalue weighted by Crippen LogP contribution is -2.42. The number of fused-ring (bicyclic) bond motifs is 1. The minimum Gasteiger partial charge on any atom is -0.480 e. The van der Waals surface area contributed by atoms with Gasteiger partial charge >= 0.3 is 12.0 Å². The van der Waals surface area contributed by atoms with E-state index < -0.39 is 5.97 Å². The third kappa shape index (κ3) is 3.24. The van der Waals surface area contributed by atoms with Crippen LogP contribution in [0.25, 0.3) is 0 Å². The van der Waals surface area contributed by atoms with Crippen molar-refractivity contribution in [2.24, 2.45) is 0 Å². The standard InChI is InChI=1S/C14H18N2O3/c1-16(9-13(17)18)14(19)15-12-8-4-6-10-5-2-3-7-11(10)12/h2-3,5,7,12H,4,6,8-9H2,1H3,(H,15,19)(H,17,18). The molecule has 5 heteroatoms. The molecule has 0 spiro atoms. The normalized spacial score (nSPS) is 17.4. The largest absolute Gasteiger partial charge is 0.480 e. The molecule has 19 heavy (non-hydrogen) atoms. The predicted octanol–water partition coefficient (Wildman–Crippen LogP) is 1.79. The van der Waals surface area contributed by atoms with Gasteiger partial charge in [0.2, 0.25) is 0 Å². The molecule has 0 bridgehead atoms. The van der Waals surface area contributed by atoms with Crippen molar-refractivity contribution in [2.45, 2.75) is 25.3 Å². The zero-order chi connectivity index (χ0) is 13.8. The Morgan fingerprint density at radius 3 is 2.89 bits per heavy atom. The van der Waals surface area contributed by atoms with Crippen molar-refractivity contribution in [1.29, 1.82) is 0 Å². The van der Waals surface area contributed by atoms with E-state index in [2.05, 4.69) is 11.4 Å². The van der Waals surface area contributed by atoms with Crippen molar-refractivity contribution >= 4 is 12.0 Å². The molecule has 0 saturated carbocycles. The lowest BCUT2D eigenvalue weighted by Gasteiger charge is -2.28. The summed E-state index contributed by atoms with van der Waals surface area (Å²) in [4.78, 5) is 23.7. The average Bonchev–Trinajstić information content (AvgIpc) is 2.38. The Bertz CT molecular complexity index is 487. The maximum Gasteiger partial charge on any atom is 0.323 e. The molecule has 0 aromatic heterocycles. The number of aliphatic carboxylic acids is 1. The van der Waals surface area contributed by atoms with Crippen molar-refractivity contribution < 1.29 is 14.7 Å². The number of rotatable bonds is 3. The predicted molar refractivity (Wildman–Crippen MR) is 70.9 cm³/mol. The van der Waals surface area contributed by atoms with Gasteiger partial charge in [-0.3, -0.25) is 4.79 Å². The quantitative estimate of drug-likeness (QED) is 0.872. The lowest BCUT2D eigenvalue weighted by molar-refractivity contribution is -0.137. The highest BCUT2D eigenvalue weighted by Crippen LogP contribution is 2.29. The second-order valence-corrected chi connectivity index (χ2v) is 4.84. The van der Waals surface area contributed by atoms with Gasteiger partial charge in [-0.15, -0.1) is 0 Å².